The number of nitrogens with zero attached hydrogens (tertiary/aromatic N) is 1. The molecule has 2 atom stereocenters. The summed E-state index contributed by atoms with van der Waals surface area (Å²) in [5, 5.41) is 0. The van der Waals surface area contributed by atoms with E-state index in [1.807, 2.05) is 13.8 Å². The first-order valence-electron chi connectivity index (χ1n) is 4.96. The van der Waals surface area contributed by atoms with Crippen LogP contribution in [0.2, 0.25) is 0 Å². The monoisotopic (exact) mass is 183 g/mol. The fraction of sp³-hybridized carbons (Fsp3) is 0.800. The Morgan fingerprint density at radius 3 is 2.92 bits per heavy atom. The molecule has 0 aromatic rings. The van der Waals surface area contributed by atoms with Crippen molar-refractivity contribution in [2.24, 2.45) is 5.92 Å². The van der Waals surface area contributed by atoms with Crippen molar-refractivity contribution in [2.45, 2.75) is 39.2 Å². The van der Waals surface area contributed by atoms with Crippen molar-refractivity contribution in [1.82, 2.24) is 4.90 Å². The van der Waals surface area contributed by atoms with E-state index in [0.717, 1.165) is 32.1 Å². The fourth-order valence-electron chi connectivity index (χ4n) is 1.67. The lowest BCUT2D eigenvalue weighted by molar-refractivity contribution is -0.138. The number of amides is 1. The molecule has 0 bridgehead atoms. The summed E-state index contributed by atoms with van der Waals surface area (Å²) in [7, 11) is 0. The first-order valence-corrected chi connectivity index (χ1v) is 4.96. The summed E-state index contributed by atoms with van der Waals surface area (Å²) in [5.74, 6) is 0.192. The molecule has 0 aromatic heterocycles. The van der Waals surface area contributed by atoms with Crippen molar-refractivity contribution in [3.8, 4) is 0 Å². The van der Waals surface area contributed by atoms with Crippen molar-refractivity contribution in [2.75, 3.05) is 6.54 Å². The van der Waals surface area contributed by atoms with Crippen LogP contribution >= 0.6 is 0 Å². The minimum absolute atomic E-state index is 0.0561. The molecular weight excluding hydrogens is 166 g/mol. The zero-order chi connectivity index (χ0) is 9.84. The van der Waals surface area contributed by atoms with Crippen molar-refractivity contribution < 1.29 is 9.59 Å². The third-order valence-corrected chi connectivity index (χ3v) is 2.77. The molecule has 1 amide bonds. The van der Waals surface area contributed by atoms with Crippen LogP contribution in [0.5, 0.6) is 0 Å². The van der Waals surface area contributed by atoms with Crippen LogP contribution < -0.4 is 0 Å². The Hall–Kier alpha value is -0.860. The summed E-state index contributed by atoms with van der Waals surface area (Å²) in [6.07, 6.45) is 3.55. The van der Waals surface area contributed by atoms with Crippen molar-refractivity contribution >= 4 is 12.2 Å². The van der Waals surface area contributed by atoms with E-state index in [4.69, 9.17) is 0 Å². The van der Waals surface area contributed by atoms with E-state index in [-0.39, 0.29) is 17.9 Å². The Labute approximate surface area is 79.1 Å². The lowest BCUT2D eigenvalue weighted by atomic mass is 10.1. The number of likely N-dealkylation sites (tertiary alicyclic amines) is 1. The Morgan fingerprint density at radius 2 is 2.38 bits per heavy atom. The van der Waals surface area contributed by atoms with Crippen LogP contribution in [0.3, 0.4) is 0 Å². The molecule has 0 N–H and O–H groups in total. The predicted molar refractivity (Wildman–Crippen MR) is 50.3 cm³/mol. The third kappa shape index (κ3) is 2.08. The smallest absolute Gasteiger partial charge is 0.225 e. The molecule has 74 valence electrons. The van der Waals surface area contributed by atoms with Gasteiger partial charge in [-0.25, -0.2) is 0 Å². The quantitative estimate of drug-likeness (QED) is 0.617. The van der Waals surface area contributed by atoms with E-state index in [9.17, 15) is 9.59 Å². The van der Waals surface area contributed by atoms with Crippen LogP contribution in [-0.2, 0) is 9.59 Å². The molecule has 2 unspecified atom stereocenters. The molecule has 1 saturated heterocycles. The molecule has 0 aromatic carbocycles. The third-order valence-electron chi connectivity index (χ3n) is 2.77. The van der Waals surface area contributed by atoms with Gasteiger partial charge in [-0.3, -0.25) is 4.79 Å². The van der Waals surface area contributed by atoms with Crippen molar-refractivity contribution in [3.05, 3.63) is 0 Å². The number of hydrogen-bond donors (Lipinski definition) is 0. The zero-order valence-electron chi connectivity index (χ0n) is 8.32. The van der Waals surface area contributed by atoms with Gasteiger partial charge in [-0.15, -0.1) is 0 Å². The molecule has 1 fully saturated rings. The molecule has 3 heteroatoms. The first-order chi connectivity index (χ1) is 6.20. The van der Waals surface area contributed by atoms with Crippen LogP contribution in [0.25, 0.3) is 0 Å². The number of carbonyl (C=O) groups excluding carboxylic acids is 2. The minimum Gasteiger partial charge on any atom is -0.333 e. The second-order valence-corrected chi connectivity index (χ2v) is 3.69. The van der Waals surface area contributed by atoms with Gasteiger partial charge in [-0.05, 0) is 19.3 Å². The van der Waals surface area contributed by atoms with Crippen LogP contribution in [0.1, 0.15) is 33.1 Å². The Balaban J connectivity index is 2.59. The molecule has 0 aliphatic carbocycles. The average molecular weight is 183 g/mol. The van der Waals surface area contributed by atoms with Crippen LogP contribution in [0.15, 0.2) is 0 Å². The molecule has 0 spiro atoms. The number of carbonyl (C=O) groups is 2. The van der Waals surface area contributed by atoms with Gasteiger partial charge in [0.1, 0.15) is 6.29 Å². The summed E-state index contributed by atoms with van der Waals surface area (Å²) in [4.78, 5) is 24.1. The molecule has 1 aliphatic heterocycles. The lowest BCUT2D eigenvalue weighted by Crippen LogP contribution is -2.39. The summed E-state index contributed by atoms with van der Waals surface area (Å²) < 4.78 is 0. The molecule has 13 heavy (non-hydrogen) atoms. The summed E-state index contributed by atoms with van der Waals surface area (Å²) in [6, 6.07) is -0.151. The Bertz CT molecular complexity index is 203. The van der Waals surface area contributed by atoms with E-state index in [0.29, 0.717) is 0 Å². The molecule has 0 radical (unpaired) electrons. The largest absolute Gasteiger partial charge is 0.333 e. The highest BCUT2D eigenvalue weighted by atomic mass is 16.2. The van der Waals surface area contributed by atoms with Gasteiger partial charge in [0, 0.05) is 12.5 Å². The van der Waals surface area contributed by atoms with E-state index in [1.165, 1.54) is 0 Å². The van der Waals surface area contributed by atoms with Crippen molar-refractivity contribution in [1.29, 1.82) is 0 Å². The van der Waals surface area contributed by atoms with E-state index in [2.05, 4.69) is 0 Å². The second kappa shape index (κ2) is 4.40. The van der Waals surface area contributed by atoms with E-state index >= 15 is 0 Å². The summed E-state index contributed by atoms with van der Waals surface area (Å²) in [5.41, 5.74) is 0. The average Bonchev–Trinajstić information content (AvgIpc) is 2.62. The molecule has 3 nitrogen and oxygen atoms in total. The molecule has 1 aliphatic rings. The summed E-state index contributed by atoms with van der Waals surface area (Å²) >= 11 is 0. The molecule has 1 rings (SSSR count). The first kappa shape index (κ1) is 10.2. The van der Waals surface area contributed by atoms with Crippen LogP contribution in [-0.4, -0.2) is 29.7 Å². The minimum atomic E-state index is -0.151. The molecule has 0 saturated carbocycles. The maximum absolute atomic E-state index is 11.7. The molecular formula is C10H17NO2. The highest BCUT2D eigenvalue weighted by Gasteiger charge is 2.30. The van der Waals surface area contributed by atoms with Crippen LogP contribution in [0, 0.1) is 5.92 Å². The second-order valence-electron chi connectivity index (χ2n) is 3.69. The summed E-state index contributed by atoms with van der Waals surface area (Å²) in [6.45, 7) is 4.67. The maximum Gasteiger partial charge on any atom is 0.225 e. The standard InChI is InChI=1S/C10H17NO2/c1-3-8(2)10(13)11-6-4-5-9(11)7-12/h7-9H,3-6H2,1-2H3. The Morgan fingerprint density at radius 1 is 1.69 bits per heavy atom. The fourth-order valence-corrected chi connectivity index (χ4v) is 1.67. The highest BCUT2D eigenvalue weighted by molar-refractivity contribution is 5.82. The number of rotatable bonds is 3. The lowest BCUT2D eigenvalue weighted by Gasteiger charge is -2.23. The molecule has 1 heterocycles. The number of aldehydes is 1. The SMILES string of the molecule is CCC(C)C(=O)N1CCCC1C=O. The van der Waals surface area contributed by atoms with Gasteiger partial charge >= 0.3 is 0 Å². The Kier molecular flexibility index (Phi) is 3.46. The zero-order valence-corrected chi connectivity index (χ0v) is 8.32. The van der Waals surface area contributed by atoms with Gasteiger partial charge in [0.05, 0.1) is 6.04 Å². The van der Waals surface area contributed by atoms with Gasteiger partial charge in [-0.1, -0.05) is 13.8 Å². The van der Waals surface area contributed by atoms with Gasteiger partial charge < -0.3 is 9.69 Å². The van der Waals surface area contributed by atoms with Gasteiger partial charge in [-0.2, -0.15) is 0 Å². The highest BCUT2D eigenvalue weighted by Crippen LogP contribution is 2.19. The topological polar surface area (TPSA) is 37.4 Å². The predicted octanol–water partition coefficient (Wildman–Crippen LogP) is 1.22. The maximum atomic E-state index is 11.7. The van der Waals surface area contributed by atoms with Crippen LogP contribution in [0.4, 0.5) is 0 Å². The van der Waals surface area contributed by atoms with Gasteiger partial charge in [0.25, 0.3) is 0 Å². The van der Waals surface area contributed by atoms with Gasteiger partial charge in [0.15, 0.2) is 0 Å². The van der Waals surface area contributed by atoms with Gasteiger partial charge in [0.2, 0.25) is 5.91 Å². The van der Waals surface area contributed by atoms with Crippen molar-refractivity contribution in [3.63, 3.8) is 0 Å². The number of hydrogen-bond acceptors (Lipinski definition) is 2. The van der Waals surface area contributed by atoms with E-state index < -0.39 is 0 Å². The van der Waals surface area contributed by atoms with E-state index in [1.54, 1.807) is 4.90 Å². The normalized spacial score (nSPS) is 24.5.